The second kappa shape index (κ2) is 11.1. The zero-order chi connectivity index (χ0) is 23.1. The van der Waals surface area contributed by atoms with E-state index in [4.69, 9.17) is 16.3 Å². The number of hydrogen-bond acceptors (Lipinski definition) is 3. The topological polar surface area (TPSA) is 58.6 Å². The number of amides is 2. The van der Waals surface area contributed by atoms with Gasteiger partial charge in [0.15, 0.2) is 6.61 Å². The number of nitrogens with one attached hydrogen (secondary N) is 1. The zero-order valence-electron chi connectivity index (χ0n) is 18.7. The monoisotopic (exact) mass is 448 g/mol. The van der Waals surface area contributed by atoms with Gasteiger partial charge in [0.25, 0.3) is 5.91 Å². The number of benzene rings is 2. The van der Waals surface area contributed by atoms with Crippen molar-refractivity contribution in [1.29, 1.82) is 0 Å². The number of carbonyl (C=O) groups excluding carboxylic acids is 2. The average molecular weight is 449 g/mol. The summed E-state index contributed by atoms with van der Waals surface area (Å²) in [6, 6.07) is 8.68. The van der Waals surface area contributed by atoms with Gasteiger partial charge in [-0.05, 0) is 67.6 Å². The van der Waals surface area contributed by atoms with Gasteiger partial charge < -0.3 is 15.0 Å². The van der Waals surface area contributed by atoms with Crippen molar-refractivity contribution in [2.45, 2.75) is 47.2 Å². The SMILES string of the molecule is Cc1cc(OCC(=O)N(Cc2ccc(F)cc2)[C@@H](C)C(=O)NCC(C)C)cc(C)c1Cl. The van der Waals surface area contributed by atoms with Gasteiger partial charge in [0.1, 0.15) is 17.6 Å². The lowest BCUT2D eigenvalue weighted by Gasteiger charge is -2.29. The van der Waals surface area contributed by atoms with E-state index in [9.17, 15) is 14.0 Å². The third-order valence-electron chi connectivity index (χ3n) is 4.89. The summed E-state index contributed by atoms with van der Waals surface area (Å²) in [7, 11) is 0. The molecule has 2 aromatic carbocycles. The second-order valence-electron chi connectivity index (χ2n) is 8.12. The summed E-state index contributed by atoms with van der Waals surface area (Å²) in [6.07, 6.45) is 0. The molecule has 0 heterocycles. The van der Waals surface area contributed by atoms with Crippen molar-refractivity contribution < 1.29 is 18.7 Å². The molecule has 7 heteroatoms. The fourth-order valence-electron chi connectivity index (χ4n) is 3.04. The molecule has 0 saturated carbocycles. The van der Waals surface area contributed by atoms with Crippen molar-refractivity contribution in [3.8, 4) is 5.75 Å². The van der Waals surface area contributed by atoms with Gasteiger partial charge in [-0.1, -0.05) is 37.6 Å². The van der Waals surface area contributed by atoms with Gasteiger partial charge in [-0.25, -0.2) is 4.39 Å². The molecule has 0 aliphatic rings. The minimum absolute atomic E-state index is 0.164. The van der Waals surface area contributed by atoms with E-state index in [2.05, 4.69) is 5.32 Å². The van der Waals surface area contributed by atoms with Crippen LogP contribution in [-0.4, -0.2) is 35.9 Å². The fourth-order valence-corrected chi connectivity index (χ4v) is 3.15. The number of halogens is 2. The Balaban J connectivity index is 2.16. The standard InChI is InChI=1S/C24H30ClFN2O3/c1-15(2)12-27-24(30)18(5)28(13-19-6-8-20(26)9-7-19)22(29)14-31-21-10-16(3)23(25)17(4)11-21/h6-11,15,18H,12-14H2,1-5H3,(H,27,30)/t18-/m0/s1. The van der Waals surface area contributed by atoms with Crippen molar-refractivity contribution in [2.24, 2.45) is 5.92 Å². The first kappa shape index (κ1) is 24.7. The lowest BCUT2D eigenvalue weighted by Crippen LogP contribution is -2.49. The Morgan fingerprint density at radius 2 is 1.68 bits per heavy atom. The summed E-state index contributed by atoms with van der Waals surface area (Å²) in [4.78, 5) is 27.1. The van der Waals surface area contributed by atoms with E-state index in [1.165, 1.54) is 17.0 Å². The van der Waals surface area contributed by atoms with E-state index in [0.29, 0.717) is 17.3 Å². The molecule has 168 valence electrons. The molecule has 31 heavy (non-hydrogen) atoms. The molecule has 0 aromatic heterocycles. The van der Waals surface area contributed by atoms with Gasteiger partial charge in [-0.2, -0.15) is 0 Å². The summed E-state index contributed by atoms with van der Waals surface area (Å²) in [5, 5.41) is 3.52. The van der Waals surface area contributed by atoms with Crippen LogP contribution in [0.3, 0.4) is 0 Å². The van der Waals surface area contributed by atoms with Gasteiger partial charge in [0.05, 0.1) is 0 Å². The minimum atomic E-state index is -0.714. The first-order valence-electron chi connectivity index (χ1n) is 10.3. The Kier molecular flexibility index (Phi) is 8.87. The molecular weight excluding hydrogens is 419 g/mol. The molecule has 0 spiro atoms. The smallest absolute Gasteiger partial charge is 0.261 e. The predicted molar refractivity (Wildman–Crippen MR) is 121 cm³/mol. The van der Waals surface area contributed by atoms with Gasteiger partial charge in [0, 0.05) is 18.1 Å². The molecule has 1 atom stereocenters. The van der Waals surface area contributed by atoms with Gasteiger partial charge >= 0.3 is 0 Å². The van der Waals surface area contributed by atoms with Crippen molar-refractivity contribution in [3.63, 3.8) is 0 Å². The Bertz CT molecular complexity index is 893. The molecule has 2 amide bonds. The summed E-state index contributed by atoms with van der Waals surface area (Å²) in [5.41, 5.74) is 2.43. The summed E-state index contributed by atoms with van der Waals surface area (Å²) >= 11 is 6.19. The van der Waals surface area contributed by atoms with E-state index < -0.39 is 6.04 Å². The zero-order valence-corrected chi connectivity index (χ0v) is 19.4. The number of aryl methyl sites for hydroxylation is 2. The Morgan fingerprint density at radius 3 is 2.23 bits per heavy atom. The lowest BCUT2D eigenvalue weighted by atomic mass is 10.1. The van der Waals surface area contributed by atoms with E-state index >= 15 is 0 Å². The summed E-state index contributed by atoms with van der Waals surface area (Å²) in [5.74, 6) is -0.131. The van der Waals surface area contributed by atoms with E-state index in [1.54, 1.807) is 31.2 Å². The molecule has 0 fully saturated rings. The van der Waals surface area contributed by atoms with Crippen molar-refractivity contribution in [3.05, 3.63) is 63.9 Å². The molecule has 0 aliphatic heterocycles. The average Bonchev–Trinajstić information content (AvgIpc) is 2.73. The number of ether oxygens (including phenoxy) is 1. The van der Waals surface area contributed by atoms with Gasteiger partial charge in [0.2, 0.25) is 5.91 Å². The molecular formula is C24H30ClFN2O3. The predicted octanol–water partition coefficient (Wildman–Crippen LogP) is 4.66. The van der Waals surface area contributed by atoms with Crippen LogP contribution in [-0.2, 0) is 16.1 Å². The van der Waals surface area contributed by atoms with E-state index in [-0.39, 0.29) is 36.7 Å². The van der Waals surface area contributed by atoms with Crippen LogP contribution in [0, 0.1) is 25.6 Å². The summed E-state index contributed by atoms with van der Waals surface area (Å²) < 4.78 is 19.0. The Labute approximate surface area is 188 Å². The third kappa shape index (κ3) is 7.24. The van der Waals surface area contributed by atoms with Crippen LogP contribution in [0.5, 0.6) is 5.75 Å². The normalized spacial score (nSPS) is 11.9. The highest BCUT2D eigenvalue weighted by Crippen LogP contribution is 2.26. The first-order chi connectivity index (χ1) is 14.6. The van der Waals surface area contributed by atoms with Crippen molar-refractivity contribution >= 4 is 23.4 Å². The Hall–Kier alpha value is -2.60. The van der Waals surface area contributed by atoms with Crippen molar-refractivity contribution in [1.82, 2.24) is 10.2 Å². The van der Waals surface area contributed by atoms with Crippen LogP contribution in [0.25, 0.3) is 0 Å². The van der Waals surface area contributed by atoms with Gasteiger partial charge in [-0.15, -0.1) is 0 Å². The van der Waals surface area contributed by atoms with Crippen LogP contribution >= 0.6 is 11.6 Å². The highest BCUT2D eigenvalue weighted by Gasteiger charge is 2.26. The molecule has 0 bridgehead atoms. The largest absolute Gasteiger partial charge is 0.484 e. The van der Waals surface area contributed by atoms with E-state index in [0.717, 1.165) is 16.7 Å². The number of rotatable bonds is 9. The molecule has 0 aliphatic carbocycles. The maximum Gasteiger partial charge on any atom is 0.261 e. The third-order valence-corrected chi connectivity index (χ3v) is 5.49. The fraction of sp³-hybridized carbons (Fsp3) is 0.417. The van der Waals surface area contributed by atoms with Gasteiger partial charge in [-0.3, -0.25) is 9.59 Å². The van der Waals surface area contributed by atoms with E-state index in [1.807, 2.05) is 27.7 Å². The minimum Gasteiger partial charge on any atom is -0.484 e. The van der Waals surface area contributed by atoms with Crippen LogP contribution < -0.4 is 10.1 Å². The molecule has 1 N–H and O–H groups in total. The highest BCUT2D eigenvalue weighted by atomic mass is 35.5. The van der Waals surface area contributed by atoms with Crippen LogP contribution in [0.2, 0.25) is 5.02 Å². The molecule has 0 saturated heterocycles. The quantitative estimate of drug-likeness (QED) is 0.606. The summed E-state index contributed by atoms with van der Waals surface area (Å²) in [6.45, 7) is 9.85. The Morgan fingerprint density at radius 1 is 1.10 bits per heavy atom. The molecule has 2 rings (SSSR count). The van der Waals surface area contributed by atoms with Crippen LogP contribution in [0.4, 0.5) is 4.39 Å². The maximum absolute atomic E-state index is 13.3. The van der Waals surface area contributed by atoms with Crippen LogP contribution in [0.15, 0.2) is 36.4 Å². The molecule has 5 nitrogen and oxygen atoms in total. The van der Waals surface area contributed by atoms with Crippen LogP contribution in [0.1, 0.15) is 37.5 Å². The number of hydrogen-bond donors (Lipinski definition) is 1. The second-order valence-corrected chi connectivity index (χ2v) is 8.50. The number of nitrogens with zero attached hydrogens (tertiary/aromatic N) is 1. The molecule has 2 aromatic rings. The number of carbonyl (C=O) groups is 2. The lowest BCUT2D eigenvalue weighted by molar-refractivity contribution is -0.142. The highest BCUT2D eigenvalue weighted by molar-refractivity contribution is 6.32. The molecule has 0 unspecified atom stereocenters. The molecule has 0 radical (unpaired) electrons. The first-order valence-corrected chi connectivity index (χ1v) is 10.7. The van der Waals surface area contributed by atoms with Crippen molar-refractivity contribution in [2.75, 3.05) is 13.2 Å². The maximum atomic E-state index is 13.3.